The molecule has 6 nitrogen and oxygen atoms in total. The summed E-state index contributed by atoms with van der Waals surface area (Å²) in [6.07, 6.45) is 8.67. The Kier molecular flexibility index (Phi) is 4.38. The Labute approximate surface area is 129 Å². The van der Waals surface area contributed by atoms with E-state index in [9.17, 15) is 9.90 Å². The number of aromatic nitrogens is 3. The van der Waals surface area contributed by atoms with Gasteiger partial charge in [-0.05, 0) is 32.1 Å². The Bertz CT molecular complexity index is 659. The molecule has 2 heterocycles. The third kappa shape index (κ3) is 2.83. The van der Waals surface area contributed by atoms with Crippen molar-refractivity contribution >= 4 is 23.3 Å². The first kappa shape index (κ1) is 15.0. The van der Waals surface area contributed by atoms with Gasteiger partial charge >= 0.3 is 0 Å². The quantitative estimate of drug-likeness (QED) is 0.830. The van der Waals surface area contributed by atoms with Crippen LogP contribution in [0.1, 0.15) is 55.4 Å². The number of nitrogens with zero attached hydrogens (tertiary/aromatic N) is 3. The van der Waals surface area contributed by atoms with Crippen molar-refractivity contribution in [1.82, 2.24) is 14.5 Å². The van der Waals surface area contributed by atoms with Crippen molar-refractivity contribution in [3.8, 4) is 0 Å². The summed E-state index contributed by atoms with van der Waals surface area (Å²) >= 11 is 0. The van der Waals surface area contributed by atoms with Gasteiger partial charge < -0.3 is 15.0 Å². The van der Waals surface area contributed by atoms with Gasteiger partial charge in [0, 0.05) is 35.9 Å². The molecule has 0 spiro atoms. The fourth-order valence-corrected chi connectivity index (χ4v) is 3.08. The van der Waals surface area contributed by atoms with Crippen LogP contribution in [0, 0.1) is 0 Å². The van der Waals surface area contributed by atoms with Crippen LogP contribution in [0.5, 0.6) is 0 Å². The molecule has 3 rings (SSSR count). The topological polar surface area (TPSA) is 80.0 Å². The molecule has 0 amide bonds. The Hall–Kier alpha value is -1.95. The van der Waals surface area contributed by atoms with Crippen LogP contribution in [0.4, 0.5) is 5.95 Å². The first-order valence-electron chi connectivity index (χ1n) is 7.97. The molecule has 22 heavy (non-hydrogen) atoms. The molecular formula is C16H22N4O2. The summed E-state index contributed by atoms with van der Waals surface area (Å²) in [5.74, 6) is 0.599. The summed E-state index contributed by atoms with van der Waals surface area (Å²) in [5.41, 5.74) is 1.43. The number of fused-ring (bicyclic) bond motifs is 1. The molecule has 2 aromatic heterocycles. The molecule has 1 aliphatic carbocycles. The van der Waals surface area contributed by atoms with E-state index in [0.29, 0.717) is 11.5 Å². The maximum absolute atomic E-state index is 11.3. The molecular weight excluding hydrogens is 280 g/mol. The SMILES string of the molecule is CCCNc1ncc2c(C=O)cn(C3CCC(O)CC3)c2n1. The number of aldehydes is 1. The third-order valence-corrected chi connectivity index (χ3v) is 4.32. The first-order chi connectivity index (χ1) is 10.7. The second kappa shape index (κ2) is 6.44. The fraction of sp³-hybridized carbons (Fsp3) is 0.562. The van der Waals surface area contributed by atoms with Crippen molar-refractivity contribution in [3.63, 3.8) is 0 Å². The summed E-state index contributed by atoms with van der Waals surface area (Å²) < 4.78 is 2.09. The molecule has 1 saturated carbocycles. The average molecular weight is 302 g/mol. The summed E-state index contributed by atoms with van der Waals surface area (Å²) in [6, 6.07) is 0.286. The van der Waals surface area contributed by atoms with Gasteiger partial charge in [0.15, 0.2) is 6.29 Å². The van der Waals surface area contributed by atoms with Gasteiger partial charge in [-0.1, -0.05) is 6.92 Å². The van der Waals surface area contributed by atoms with E-state index in [1.54, 1.807) is 6.20 Å². The highest BCUT2D eigenvalue weighted by atomic mass is 16.3. The van der Waals surface area contributed by atoms with Crippen molar-refractivity contribution in [2.24, 2.45) is 0 Å². The van der Waals surface area contributed by atoms with Crippen molar-refractivity contribution < 1.29 is 9.90 Å². The van der Waals surface area contributed by atoms with Crippen LogP contribution in [0.3, 0.4) is 0 Å². The molecule has 2 aromatic rings. The highest BCUT2D eigenvalue weighted by Gasteiger charge is 2.23. The smallest absolute Gasteiger partial charge is 0.224 e. The number of aliphatic hydroxyl groups is 1. The van der Waals surface area contributed by atoms with E-state index in [4.69, 9.17) is 0 Å². The third-order valence-electron chi connectivity index (χ3n) is 4.32. The maximum Gasteiger partial charge on any atom is 0.224 e. The Morgan fingerprint density at radius 1 is 1.41 bits per heavy atom. The van der Waals surface area contributed by atoms with Crippen LogP contribution in [0.25, 0.3) is 11.0 Å². The molecule has 0 radical (unpaired) electrons. The number of aliphatic hydroxyl groups excluding tert-OH is 1. The van der Waals surface area contributed by atoms with Crippen molar-refractivity contribution in [1.29, 1.82) is 0 Å². The highest BCUT2D eigenvalue weighted by molar-refractivity contribution is 5.96. The van der Waals surface area contributed by atoms with Crippen LogP contribution in [0.2, 0.25) is 0 Å². The lowest BCUT2D eigenvalue weighted by Crippen LogP contribution is -2.21. The second-order valence-corrected chi connectivity index (χ2v) is 5.93. The first-order valence-corrected chi connectivity index (χ1v) is 7.97. The van der Waals surface area contributed by atoms with Gasteiger partial charge in [-0.3, -0.25) is 4.79 Å². The van der Waals surface area contributed by atoms with Crippen molar-refractivity contribution in [2.45, 2.75) is 51.2 Å². The molecule has 1 fully saturated rings. The zero-order valence-corrected chi connectivity index (χ0v) is 12.8. The maximum atomic E-state index is 11.3. The number of hydrogen-bond acceptors (Lipinski definition) is 5. The predicted molar refractivity (Wildman–Crippen MR) is 85.2 cm³/mol. The number of carbonyl (C=O) groups excluding carboxylic acids is 1. The Morgan fingerprint density at radius 2 is 2.18 bits per heavy atom. The second-order valence-electron chi connectivity index (χ2n) is 5.93. The average Bonchev–Trinajstić information content (AvgIpc) is 2.91. The van der Waals surface area contributed by atoms with Gasteiger partial charge in [0.1, 0.15) is 5.65 Å². The number of hydrogen-bond donors (Lipinski definition) is 2. The lowest BCUT2D eigenvalue weighted by molar-refractivity contribution is 0.110. The minimum Gasteiger partial charge on any atom is -0.393 e. The zero-order chi connectivity index (χ0) is 15.5. The van der Waals surface area contributed by atoms with Crippen LogP contribution < -0.4 is 5.32 Å². The fourth-order valence-electron chi connectivity index (χ4n) is 3.08. The molecule has 1 aliphatic rings. The van der Waals surface area contributed by atoms with E-state index in [-0.39, 0.29) is 12.1 Å². The normalized spacial score (nSPS) is 21.9. The van der Waals surface area contributed by atoms with Crippen molar-refractivity contribution in [2.75, 3.05) is 11.9 Å². The van der Waals surface area contributed by atoms with Gasteiger partial charge in [-0.25, -0.2) is 4.98 Å². The number of rotatable bonds is 5. The van der Waals surface area contributed by atoms with Crippen LogP contribution in [-0.2, 0) is 0 Å². The predicted octanol–water partition coefficient (Wildman–Crippen LogP) is 2.54. The lowest BCUT2D eigenvalue weighted by Gasteiger charge is -2.27. The molecule has 2 N–H and O–H groups in total. The van der Waals surface area contributed by atoms with Gasteiger partial charge in [-0.2, -0.15) is 4.98 Å². The monoisotopic (exact) mass is 302 g/mol. The summed E-state index contributed by atoms with van der Waals surface area (Å²) in [6.45, 7) is 2.91. The minimum absolute atomic E-state index is 0.194. The molecule has 118 valence electrons. The van der Waals surface area contributed by atoms with Gasteiger partial charge in [0.05, 0.1) is 6.10 Å². The van der Waals surface area contributed by atoms with Gasteiger partial charge in [0.25, 0.3) is 0 Å². The van der Waals surface area contributed by atoms with E-state index in [0.717, 1.165) is 56.0 Å². The standard InChI is InChI=1S/C16H22N4O2/c1-2-7-17-16-18-8-14-11(10-21)9-20(15(14)19-16)12-3-5-13(22)6-4-12/h8-10,12-13,22H,2-7H2,1H3,(H,17,18,19). The summed E-state index contributed by atoms with van der Waals surface area (Å²) in [5, 5.41) is 13.7. The van der Waals surface area contributed by atoms with E-state index < -0.39 is 0 Å². The van der Waals surface area contributed by atoms with Crippen molar-refractivity contribution in [3.05, 3.63) is 18.0 Å². The molecule has 0 atom stereocenters. The molecule has 0 bridgehead atoms. The lowest BCUT2D eigenvalue weighted by atomic mass is 9.93. The summed E-state index contributed by atoms with van der Waals surface area (Å²) in [7, 11) is 0. The molecule has 0 saturated heterocycles. The van der Waals surface area contributed by atoms with Crippen LogP contribution >= 0.6 is 0 Å². The largest absolute Gasteiger partial charge is 0.393 e. The zero-order valence-electron chi connectivity index (χ0n) is 12.8. The number of nitrogens with one attached hydrogen (secondary N) is 1. The Morgan fingerprint density at radius 3 is 2.86 bits per heavy atom. The minimum atomic E-state index is -0.194. The summed E-state index contributed by atoms with van der Waals surface area (Å²) in [4.78, 5) is 20.2. The van der Waals surface area contributed by atoms with Gasteiger partial charge in [0.2, 0.25) is 5.95 Å². The highest BCUT2D eigenvalue weighted by Crippen LogP contribution is 2.32. The molecule has 0 aromatic carbocycles. The van der Waals surface area contributed by atoms with E-state index in [1.807, 2.05) is 6.20 Å². The Balaban J connectivity index is 1.98. The number of carbonyl (C=O) groups is 1. The molecule has 0 unspecified atom stereocenters. The van der Waals surface area contributed by atoms with E-state index in [1.165, 1.54) is 0 Å². The number of anilines is 1. The molecule has 0 aliphatic heterocycles. The van der Waals surface area contributed by atoms with E-state index >= 15 is 0 Å². The van der Waals surface area contributed by atoms with Gasteiger partial charge in [-0.15, -0.1) is 0 Å². The molecule has 6 heteroatoms. The van der Waals surface area contributed by atoms with Crippen LogP contribution in [-0.4, -0.2) is 38.6 Å². The van der Waals surface area contributed by atoms with Crippen LogP contribution in [0.15, 0.2) is 12.4 Å². The van der Waals surface area contributed by atoms with E-state index in [2.05, 4.69) is 26.8 Å².